The Kier molecular flexibility index (Phi) is 4.69. The van der Waals surface area contributed by atoms with Gasteiger partial charge in [0, 0.05) is 19.4 Å². The lowest BCUT2D eigenvalue weighted by atomic mass is 10.1. The second kappa shape index (κ2) is 6.91. The summed E-state index contributed by atoms with van der Waals surface area (Å²) < 4.78 is 5.42. The average Bonchev–Trinajstić information content (AvgIpc) is 3.04. The number of pyridine rings is 1. The molecule has 2 amide bonds. The number of benzene rings is 1. The molecule has 1 aromatic carbocycles. The third kappa shape index (κ3) is 3.07. The Hall–Kier alpha value is -2.56. The molecule has 0 fully saturated rings. The van der Waals surface area contributed by atoms with Crippen molar-refractivity contribution in [3.8, 4) is 5.75 Å². The minimum Gasteiger partial charge on any atom is -0.496 e. The van der Waals surface area contributed by atoms with Gasteiger partial charge in [0.15, 0.2) is 0 Å². The van der Waals surface area contributed by atoms with Gasteiger partial charge in [0.25, 0.3) is 0 Å². The molecule has 2 aromatic rings. The van der Waals surface area contributed by atoms with E-state index in [2.05, 4.69) is 16.4 Å². The highest BCUT2D eigenvalue weighted by atomic mass is 16.5. The first-order chi connectivity index (χ1) is 11.6. The fourth-order valence-electron chi connectivity index (χ4n) is 3.24. The third-order valence-corrected chi connectivity index (χ3v) is 4.81. The lowest BCUT2D eigenvalue weighted by Gasteiger charge is -2.27. The Balaban J connectivity index is 1.71. The molecule has 0 saturated carbocycles. The van der Waals surface area contributed by atoms with Crippen molar-refractivity contribution in [3.05, 3.63) is 59.4 Å². The summed E-state index contributed by atoms with van der Waals surface area (Å²) in [5.41, 5.74) is 3.38. The van der Waals surface area contributed by atoms with Gasteiger partial charge in [-0.05, 0) is 48.6 Å². The number of carbonyl (C=O) groups excluding carboxylic acids is 1. The van der Waals surface area contributed by atoms with E-state index < -0.39 is 0 Å². The van der Waals surface area contributed by atoms with Crippen LogP contribution in [0.1, 0.15) is 42.1 Å². The molecule has 5 nitrogen and oxygen atoms in total. The molecular formula is C19H23N3O2. The molecule has 1 aromatic heterocycles. The molecule has 1 heterocycles. The predicted molar refractivity (Wildman–Crippen MR) is 93.0 cm³/mol. The Morgan fingerprint density at radius 2 is 2.21 bits per heavy atom. The van der Waals surface area contributed by atoms with Crippen molar-refractivity contribution in [1.82, 2.24) is 15.2 Å². The van der Waals surface area contributed by atoms with Crippen LogP contribution < -0.4 is 10.1 Å². The summed E-state index contributed by atoms with van der Waals surface area (Å²) in [6, 6.07) is 9.81. The van der Waals surface area contributed by atoms with Crippen LogP contribution >= 0.6 is 0 Å². The maximum absolute atomic E-state index is 12.6. The first-order valence-corrected chi connectivity index (χ1v) is 8.21. The molecule has 3 rings (SSSR count). The Morgan fingerprint density at radius 1 is 1.38 bits per heavy atom. The molecule has 5 heteroatoms. The van der Waals surface area contributed by atoms with E-state index in [-0.39, 0.29) is 18.1 Å². The molecule has 126 valence electrons. The average molecular weight is 325 g/mol. The maximum atomic E-state index is 12.6. The number of nitrogens with one attached hydrogen (secondary N) is 1. The van der Waals surface area contributed by atoms with Crippen molar-refractivity contribution in [2.75, 3.05) is 14.2 Å². The minimum absolute atomic E-state index is 0.0335. The Labute approximate surface area is 142 Å². The number of hydrogen-bond acceptors (Lipinski definition) is 3. The van der Waals surface area contributed by atoms with Gasteiger partial charge in [-0.1, -0.05) is 18.2 Å². The van der Waals surface area contributed by atoms with E-state index in [4.69, 9.17) is 4.74 Å². The summed E-state index contributed by atoms with van der Waals surface area (Å²) in [5.74, 6) is 0.904. The Morgan fingerprint density at radius 3 is 2.92 bits per heavy atom. The molecule has 2 atom stereocenters. The van der Waals surface area contributed by atoms with Crippen LogP contribution in [0.4, 0.5) is 4.79 Å². The second-order valence-electron chi connectivity index (χ2n) is 6.14. The van der Waals surface area contributed by atoms with E-state index in [1.54, 1.807) is 24.4 Å². The Bertz CT molecular complexity index is 718. The van der Waals surface area contributed by atoms with E-state index in [0.29, 0.717) is 0 Å². The van der Waals surface area contributed by atoms with Gasteiger partial charge >= 0.3 is 6.03 Å². The highest BCUT2D eigenvalue weighted by Gasteiger charge is 2.28. The number of aromatic nitrogens is 1. The topological polar surface area (TPSA) is 54.5 Å². The zero-order valence-corrected chi connectivity index (χ0v) is 14.3. The molecule has 1 N–H and O–H groups in total. The van der Waals surface area contributed by atoms with Crippen LogP contribution in [0.5, 0.6) is 5.75 Å². The SMILES string of the molecule is COc1cccc2c1CC[C@@H]2NC(=O)N(C)[C@H](C)c1cccnc1. The molecular weight excluding hydrogens is 302 g/mol. The number of carbonyl (C=O) groups is 1. The summed E-state index contributed by atoms with van der Waals surface area (Å²) >= 11 is 0. The third-order valence-electron chi connectivity index (χ3n) is 4.81. The minimum atomic E-state index is -0.0768. The van der Waals surface area contributed by atoms with Crippen molar-refractivity contribution in [1.29, 1.82) is 0 Å². The van der Waals surface area contributed by atoms with Gasteiger partial charge in [-0.15, -0.1) is 0 Å². The molecule has 0 saturated heterocycles. The van der Waals surface area contributed by atoms with E-state index in [1.165, 1.54) is 5.56 Å². The first-order valence-electron chi connectivity index (χ1n) is 8.21. The summed E-state index contributed by atoms with van der Waals surface area (Å²) in [6.45, 7) is 2.00. The van der Waals surface area contributed by atoms with Crippen molar-refractivity contribution in [2.45, 2.75) is 31.8 Å². The maximum Gasteiger partial charge on any atom is 0.318 e. The number of nitrogens with zero attached hydrogens (tertiary/aromatic N) is 2. The lowest BCUT2D eigenvalue weighted by Crippen LogP contribution is -2.40. The number of ether oxygens (including phenoxy) is 1. The summed E-state index contributed by atoms with van der Waals surface area (Å²) in [6.07, 6.45) is 5.35. The fraction of sp³-hybridized carbons (Fsp3) is 0.368. The molecule has 0 bridgehead atoms. The van der Waals surface area contributed by atoms with Gasteiger partial charge in [-0.2, -0.15) is 0 Å². The zero-order chi connectivity index (χ0) is 17.1. The van der Waals surface area contributed by atoms with Crippen LogP contribution in [0.25, 0.3) is 0 Å². The molecule has 0 radical (unpaired) electrons. The molecule has 0 unspecified atom stereocenters. The van der Waals surface area contributed by atoms with Gasteiger partial charge in [-0.3, -0.25) is 4.98 Å². The molecule has 0 spiro atoms. The number of fused-ring (bicyclic) bond motifs is 1. The fourth-order valence-corrected chi connectivity index (χ4v) is 3.24. The summed E-state index contributed by atoms with van der Waals surface area (Å²) in [7, 11) is 3.50. The van der Waals surface area contributed by atoms with Gasteiger partial charge < -0.3 is 15.0 Å². The smallest absolute Gasteiger partial charge is 0.318 e. The second-order valence-corrected chi connectivity index (χ2v) is 6.14. The predicted octanol–water partition coefficient (Wildman–Crippen LogP) is 3.48. The number of methoxy groups -OCH3 is 1. The molecule has 1 aliphatic rings. The van der Waals surface area contributed by atoms with Crippen molar-refractivity contribution < 1.29 is 9.53 Å². The van der Waals surface area contributed by atoms with Gasteiger partial charge in [0.05, 0.1) is 19.2 Å². The monoisotopic (exact) mass is 325 g/mol. The van der Waals surface area contributed by atoms with Crippen LogP contribution in [0.3, 0.4) is 0 Å². The zero-order valence-electron chi connectivity index (χ0n) is 14.3. The number of hydrogen-bond donors (Lipinski definition) is 1. The van der Waals surface area contributed by atoms with E-state index in [9.17, 15) is 4.79 Å². The van der Waals surface area contributed by atoms with Gasteiger partial charge in [0.1, 0.15) is 5.75 Å². The summed E-state index contributed by atoms with van der Waals surface area (Å²) in [5, 5.41) is 3.15. The van der Waals surface area contributed by atoms with Crippen LogP contribution in [0.15, 0.2) is 42.7 Å². The van der Waals surface area contributed by atoms with E-state index in [0.717, 1.165) is 29.7 Å². The van der Waals surface area contributed by atoms with Gasteiger partial charge in [-0.25, -0.2) is 4.79 Å². The standard InChI is InChI=1S/C19H23N3O2/c1-13(14-6-5-11-20-12-14)22(2)19(23)21-17-10-9-16-15(17)7-4-8-18(16)24-3/h4-8,11-13,17H,9-10H2,1-3H3,(H,21,23)/t13-,17+/m1/s1. The molecule has 24 heavy (non-hydrogen) atoms. The number of amides is 2. The number of urea groups is 1. The highest BCUT2D eigenvalue weighted by Crippen LogP contribution is 2.37. The van der Waals surface area contributed by atoms with Crippen LogP contribution in [0, 0.1) is 0 Å². The highest BCUT2D eigenvalue weighted by molar-refractivity contribution is 5.75. The van der Waals surface area contributed by atoms with Crippen LogP contribution in [-0.2, 0) is 6.42 Å². The number of rotatable bonds is 4. The lowest BCUT2D eigenvalue weighted by molar-refractivity contribution is 0.190. The van der Waals surface area contributed by atoms with Crippen LogP contribution in [0.2, 0.25) is 0 Å². The van der Waals surface area contributed by atoms with E-state index in [1.807, 2.05) is 38.2 Å². The van der Waals surface area contributed by atoms with Crippen molar-refractivity contribution in [3.63, 3.8) is 0 Å². The first kappa shape index (κ1) is 16.3. The van der Waals surface area contributed by atoms with Crippen molar-refractivity contribution in [2.24, 2.45) is 0 Å². The molecule has 0 aliphatic heterocycles. The summed E-state index contributed by atoms with van der Waals surface area (Å²) in [4.78, 5) is 18.5. The normalized spacial score (nSPS) is 17.0. The van der Waals surface area contributed by atoms with Crippen molar-refractivity contribution >= 4 is 6.03 Å². The molecule has 1 aliphatic carbocycles. The largest absolute Gasteiger partial charge is 0.496 e. The van der Waals surface area contributed by atoms with Gasteiger partial charge in [0.2, 0.25) is 0 Å². The van der Waals surface area contributed by atoms with E-state index >= 15 is 0 Å². The van der Waals surface area contributed by atoms with Crippen LogP contribution in [-0.4, -0.2) is 30.1 Å². The quantitative estimate of drug-likeness (QED) is 0.936.